The van der Waals surface area contributed by atoms with Crippen molar-refractivity contribution in [3.63, 3.8) is 0 Å². The lowest BCUT2D eigenvalue weighted by Gasteiger charge is -2.13. The van der Waals surface area contributed by atoms with Gasteiger partial charge in [-0.1, -0.05) is 12.1 Å². The Balaban J connectivity index is 1.84. The number of carbonyl (C=O) groups is 2. The van der Waals surface area contributed by atoms with Gasteiger partial charge in [0.2, 0.25) is 0 Å². The molecule has 5 nitrogen and oxygen atoms in total. The second kappa shape index (κ2) is 9.46. The van der Waals surface area contributed by atoms with Gasteiger partial charge >= 0.3 is 12.4 Å². The number of amides is 2. The van der Waals surface area contributed by atoms with Gasteiger partial charge in [0.05, 0.1) is 23.8 Å². The van der Waals surface area contributed by atoms with E-state index in [9.17, 15) is 35.9 Å². The van der Waals surface area contributed by atoms with Crippen molar-refractivity contribution in [2.45, 2.75) is 12.4 Å². The van der Waals surface area contributed by atoms with E-state index in [2.05, 4.69) is 10.6 Å². The van der Waals surface area contributed by atoms with E-state index in [1.165, 1.54) is 31.4 Å². The first-order valence-electron chi connectivity index (χ1n) is 9.54. The Labute approximate surface area is 189 Å². The average molecular weight is 482 g/mol. The second-order valence-electron chi connectivity index (χ2n) is 6.98. The molecule has 2 N–H and O–H groups in total. The molecular weight excluding hydrogens is 466 g/mol. The summed E-state index contributed by atoms with van der Waals surface area (Å²) in [4.78, 5) is 25.3. The molecule has 0 aliphatic heterocycles. The van der Waals surface area contributed by atoms with E-state index in [1.807, 2.05) is 0 Å². The zero-order chi connectivity index (χ0) is 25.1. The lowest BCUT2D eigenvalue weighted by Crippen LogP contribution is -2.17. The Kier molecular flexibility index (Phi) is 6.85. The van der Waals surface area contributed by atoms with Gasteiger partial charge in [-0.2, -0.15) is 26.3 Å². The van der Waals surface area contributed by atoms with Crippen LogP contribution >= 0.6 is 0 Å². The van der Waals surface area contributed by atoms with Crippen LogP contribution in [0.15, 0.2) is 66.7 Å². The zero-order valence-electron chi connectivity index (χ0n) is 17.3. The van der Waals surface area contributed by atoms with Gasteiger partial charge in [0, 0.05) is 16.9 Å². The minimum atomic E-state index is -4.61. The summed E-state index contributed by atoms with van der Waals surface area (Å²) in [6.07, 6.45) is -9.21. The van der Waals surface area contributed by atoms with Crippen LogP contribution in [0.4, 0.5) is 37.7 Å². The lowest BCUT2D eigenvalue weighted by molar-refractivity contribution is -0.138. The standard InChI is InChI=1S/C23H16F6N2O3/c1-34-19-9-8-13(20(32)30-16-6-2-4-14(11-16)22(24,25)26)10-18(19)21(33)31-17-7-3-5-15(12-17)23(27,28)29/h2-12H,1H3,(H,30,32)(H,31,33). The first kappa shape index (κ1) is 24.6. The number of hydrogen-bond donors (Lipinski definition) is 2. The number of rotatable bonds is 5. The van der Waals surface area contributed by atoms with Gasteiger partial charge in [-0.25, -0.2) is 0 Å². The number of ether oxygens (including phenoxy) is 1. The van der Waals surface area contributed by atoms with Crippen LogP contribution in [-0.4, -0.2) is 18.9 Å². The van der Waals surface area contributed by atoms with Crippen LogP contribution in [0.25, 0.3) is 0 Å². The van der Waals surface area contributed by atoms with Gasteiger partial charge in [-0.3, -0.25) is 9.59 Å². The lowest BCUT2D eigenvalue weighted by atomic mass is 10.1. The Hall–Kier alpha value is -4.02. The van der Waals surface area contributed by atoms with Crippen LogP contribution in [0.2, 0.25) is 0 Å². The van der Waals surface area contributed by atoms with Crippen molar-refractivity contribution in [2.75, 3.05) is 17.7 Å². The molecule has 34 heavy (non-hydrogen) atoms. The zero-order valence-corrected chi connectivity index (χ0v) is 17.3. The summed E-state index contributed by atoms with van der Waals surface area (Å²) >= 11 is 0. The molecule has 0 heterocycles. The minimum Gasteiger partial charge on any atom is -0.496 e. The fourth-order valence-electron chi connectivity index (χ4n) is 2.97. The Morgan fingerprint density at radius 3 is 1.68 bits per heavy atom. The predicted molar refractivity (Wildman–Crippen MR) is 112 cm³/mol. The highest BCUT2D eigenvalue weighted by atomic mass is 19.4. The number of benzene rings is 3. The third kappa shape index (κ3) is 5.85. The first-order valence-corrected chi connectivity index (χ1v) is 9.54. The maximum Gasteiger partial charge on any atom is 0.416 e. The molecule has 0 unspecified atom stereocenters. The molecule has 0 saturated heterocycles. The van der Waals surface area contributed by atoms with Gasteiger partial charge in [-0.15, -0.1) is 0 Å². The van der Waals surface area contributed by atoms with Gasteiger partial charge in [0.1, 0.15) is 5.75 Å². The van der Waals surface area contributed by atoms with E-state index in [0.717, 1.165) is 42.5 Å². The highest BCUT2D eigenvalue weighted by Gasteiger charge is 2.31. The van der Waals surface area contributed by atoms with E-state index >= 15 is 0 Å². The second-order valence-corrected chi connectivity index (χ2v) is 6.98. The quantitative estimate of drug-likeness (QED) is 0.424. The molecule has 178 valence electrons. The topological polar surface area (TPSA) is 67.4 Å². The summed E-state index contributed by atoms with van der Waals surface area (Å²) in [5.41, 5.74) is -2.44. The summed E-state index contributed by atoms with van der Waals surface area (Å²) in [7, 11) is 1.25. The number of alkyl halides is 6. The maximum absolute atomic E-state index is 12.9. The smallest absolute Gasteiger partial charge is 0.416 e. The molecule has 11 heteroatoms. The highest BCUT2D eigenvalue weighted by molar-refractivity contribution is 6.10. The number of nitrogens with one attached hydrogen (secondary N) is 2. The summed E-state index contributed by atoms with van der Waals surface area (Å²) < 4.78 is 82.5. The first-order chi connectivity index (χ1) is 15.9. The normalized spacial score (nSPS) is 11.6. The molecule has 0 radical (unpaired) electrons. The molecule has 0 fully saturated rings. The fourth-order valence-corrected chi connectivity index (χ4v) is 2.97. The van der Waals surface area contributed by atoms with Crippen LogP contribution < -0.4 is 15.4 Å². The van der Waals surface area contributed by atoms with Crippen LogP contribution in [0.1, 0.15) is 31.8 Å². The largest absolute Gasteiger partial charge is 0.496 e. The molecule has 0 spiro atoms. The van der Waals surface area contributed by atoms with Crippen molar-refractivity contribution in [1.82, 2.24) is 0 Å². The van der Waals surface area contributed by atoms with E-state index in [0.29, 0.717) is 0 Å². The monoisotopic (exact) mass is 482 g/mol. The minimum absolute atomic E-state index is 0.0279. The SMILES string of the molecule is COc1ccc(C(=O)Nc2cccc(C(F)(F)F)c2)cc1C(=O)Nc1cccc(C(F)(F)F)c1. The van der Waals surface area contributed by atoms with Crippen molar-refractivity contribution in [3.05, 3.63) is 89.0 Å². The molecule has 3 aromatic carbocycles. The third-order valence-corrected chi connectivity index (χ3v) is 4.60. The molecule has 0 aliphatic carbocycles. The van der Waals surface area contributed by atoms with Crippen LogP contribution in [0.5, 0.6) is 5.75 Å². The Morgan fingerprint density at radius 2 is 1.21 bits per heavy atom. The van der Waals surface area contributed by atoms with E-state index in [-0.39, 0.29) is 28.3 Å². The summed E-state index contributed by atoms with van der Waals surface area (Å²) in [6.45, 7) is 0. The van der Waals surface area contributed by atoms with Gasteiger partial charge in [-0.05, 0) is 54.6 Å². The molecule has 0 saturated carbocycles. The van der Waals surface area contributed by atoms with Crippen molar-refractivity contribution < 1.29 is 40.7 Å². The van der Waals surface area contributed by atoms with E-state index in [1.54, 1.807) is 0 Å². The van der Waals surface area contributed by atoms with E-state index < -0.39 is 35.3 Å². The summed E-state index contributed by atoms with van der Waals surface area (Å²) in [6, 6.07) is 11.6. The molecule has 0 bridgehead atoms. The van der Waals surface area contributed by atoms with Gasteiger partial charge in [0.15, 0.2) is 0 Å². The van der Waals surface area contributed by atoms with Gasteiger partial charge < -0.3 is 15.4 Å². The molecule has 3 aromatic rings. The summed E-state index contributed by atoms with van der Waals surface area (Å²) in [5, 5.41) is 4.62. The van der Waals surface area contributed by atoms with Gasteiger partial charge in [0.25, 0.3) is 11.8 Å². The predicted octanol–water partition coefficient (Wildman–Crippen LogP) is 6.24. The fraction of sp³-hybridized carbons (Fsp3) is 0.130. The van der Waals surface area contributed by atoms with Crippen molar-refractivity contribution in [3.8, 4) is 5.75 Å². The molecular formula is C23H16F6N2O3. The van der Waals surface area contributed by atoms with E-state index in [4.69, 9.17) is 4.74 Å². The molecule has 3 rings (SSSR count). The van der Waals surface area contributed by atoms with Crippen LogP contribution in [0, 0.1) is 0 Å². The number of halogens is 6. The van der Waals surface area contributed by atoms with Crippen molar-refractivity contribution in [2.24, 2.45) is 0 Å². The highest BCUT2D eigenvalue weighted by Crippen LogP contribution is 2.32. The third-order valence-electron chi connectivity index (χ3n) is 4.60. The molecule has 0 aliphatic rings. The molecule has 0 atom stereocenters. The number of carbonyl (C=O) groups excluding carboxylic acids is 2. The maximum atomic E-state index is 12.9. The molecule has 0 aromatic heterocycles. The Bertz CT molecular complexity index is 1220. The number of hydrogen-bond acceptors (Lipinski definition) is 3. The number of methoxy groups -OCH3 is 1. The van der Waals surface area contributed by atoms with Crippen molar-refractivity contribution >= 4 is 23.2 Å². The van der Waals surface area contributed by atoms with Crippen LogP contribution in [0.3, 0.4) is 0 Å². The number of anilines is 2. The summed E-state index contributed by atoms with van der Waals surface area (Å²) in [5.74, 6) is -1.64. The Morgan fingerprint density at radius 1 is 0.706 bits per heavy atom. The average Bonchev–Trinajstić information content (AvgIpc) is 2.77. The van der Waals surface area contributed by atoms with Crippen LogP contribution in [-0.2, 0) is 12.4 Å². The van der Waals surface area contributed by atoms with Crippen molar-refractivity contribution in [1.29, 1.82) is 0 Å². The molecule has 2 amide bonds.